The van der Waals surface area contributed by atoms with Crippen LogP contribution in [0.1, 0.15) is 42.0 Å². The number of amides is 1. The minimum atomic E-state index is -0.148. The zero-order chi connectivity index (χ0) is 19.6. The molecule has 4 nitrogen and oxygen atoms in total. The van der Waals surface area contributed by atoms with Crippen LogP contribution in [-0.2, 0) is 11.3 Å². The molecule has 1 heterocycles. The van der Waals surface area contributed by atoms with Crippen LogP contribution in [-0.4, -0.2) is 10.9 Å². The lowest BCUT2D eigenvalue weighted by Gasteiger charge is -2.25. The van der Waals surface area contributed by atoms with Crippen LogP contribution in [0.25, 0.3) is 10.9 Å². The van der Waals surface area contributed by atoms with E-state index in [9.17, 15) is 9.59 Å². The first-order chi connectivity index (χ1) is 12.9. The Morgan fingerprint density at radius 1 is 1.00 bits per heavy atom. The molecule has 3 rings (SSSR count). The number of aromatic amines is 1. The first-order valence-electron chi connectivity index (χ1n) is 9.39. The van der Waals surface area contributed by atoms with Gasteiger partial charge in [-0.2, -0.15) is 0 Å². The van der Waals surface area contributed by atoms with Crippen molar-refractivity contribution in [2.75, 3.05) is 4.90 Å². The zero-order valence-corrected chi connectivity index (χ0v) is 16.4. The van der Waals surface area contributed by atoms with E-state index < -0.39 is 0 Å². The quantitative estimate of drug-likeness (QED) is 0.710. The third kappa shape index (κ3) is 4.11. The van der Waals surface area contributed by atoms with Crippen molar-refractivity contribution in [2.24, 2.45) is 0 Å². The first-order valence-corrected chi connectivity index (χ1v) is 9.39. The fourth-order valence-corrected chi connectivity index (χ4v) is 3.42. The molecule has 0 spiro atoms. The normalized spacial score (nSPS) is 11.0. The van der Waals surface area contributed by atoms with Crippen LogP contribution >= 0.6 is 0 Å². The monoisotopic (exact) mass is 362 g/mol. The van der Waals surface area contributed by atoms with Gasteiger partial charge in [0.2, 0.25) is 5.91 Å². The number of H-pyrrole nitrogens is 1. The van der Waals surface area contributed by atoms with Crippen molar-refractivity contribution in [1.29, 1.82) is 0 Å². The van der Waals surface area contributed by atoms with Crippen LogP contribution in [0.4, 0.5) is 5.69 Å². The number of fused-ring (bicyclic) bond motifs is 1. The topological polar surface area (TPSA) is 53.2 Å². The summed E-state index contributed by atoms with van der Waals surface area (Å²) in [6, 6.07) is 13.9. The number of rotatable bonds is 5. The van der Waals surface area contributed by atoms with E-state index in [0.29, 0.717) is 12.0 Å². The molecule has 2 aromatic carbocycles. The largest absolute Gasteiger partial charge is 0.322 e. The molecule has 0 fully saturated rings. The Labute approximate surface area is 159 Å². The molecule has 140 valence electrons. The molecule has 0 unspecified atom stereocenters. The summed E-state index contributed by atoms with van der Waals surface area (Å²) in [4.78, 5) is 30.1. The number of aryl methyl sites for hydroxylation is 3. The van der Waals surface area contributed by atoms with Gasteiger partial charge in [-0.05, 0) is 62.4 Å². The number of aromatic nitrogens is 1. The molecule has 0 aliphatic rings. The number of carbonyl (C=O) groups is 1. The van der Waals surface area contributed by atoms with Gasteiger partial charge in [-0.25, -0.2) is 0 Å². The summed E-state index contributed by atoms with van der Waals surface area (Å²) < 4.78 is 0. The molecule has 4 heteroatoms. The van der Waals surface area contributed by atoms with Crippen molar-refractivity contribution in [3.8, 4) is 0 Å². The second-order valence-electron chi connectivity index (χ2n) is 7.23. The van der Waals surface area contributed by atoms with Gasteiger partial charge in [0, 0.05) is 23.2 Å². The fraction of sp³-hybridized carbons (Fsp3) is 0.304. The smallest absolute Gasteiger partial charge is 0.253 e. The maximum Gasteiger partial charge on any atom is 0.253 e. The van der Waals surface area contributed by atoms with E-state index in [4.69, 9.17) is 0 Å². The highest BCUT2D eigenvalue weighted by atomic mass is 16.2. The van der Waals surface area contributed by atoms with Crippen LogP contribution < -0.4 is 10.5 Å². The van der Waals surface area contributed by atoms with Crippen LogP contribution in [0.15, 0.2) is 47.3 Å². The molecule has 0 saturated heterocycles. The lowest BCUT2D eigenvalue weighted by Crippen LogP contribution is -2.33. The summed E-state index contributed by atoms with van der Waals surface area (Å²) >= 11 is 0. The van der Waals surface area contributed by atoms with Gasteiger partial charge in [0.15, 0.2) is 0 Å². The molecule has 1 amide bonds. The Balaban J connectivity index is 2.06. The standard InChI is InChI=1S/C23H26N2O2/c1-5-6-22(26)25(21-10-8-15(2)11-17(21)4)14-19-13-18-12-16(3)7-9-20(18)24-23(19)27/h7-13H,5-6,14H2,1-4H3,(H,24,27). The Kier molecular flexibility index (Phi) is 5.45. The van der Waals surface area contributed by atoms with Gasteiger partial charge in [0.1, 0.15) is 0 Å². The molecule has 0 aliphatic carbocycles. The Morgan fingerprint density at radius 2 is 1.70 bits per heavy atom. The molecule has 3 aromatic rings. The third-order valence-corrected chi connectivity index (χ3v) is 4.81. The summed E-state index contributed by atoms with van der Waals surface area (Å²) in [5.41, 5.74) is 5.44. The van der Waals surface area contributed by atoms with Gasteiger partial charge < -0.3 is 9.88 Å². The average molecular weight is 362 g/mol. The summed E-state index contributed by atoms with van der Waals surface area (Å²) in [7, 11) is 0. The SMILES string of the molecule is CCCC(=O)N(Cc1cc2cc(C)ccc2[nH]c1=O)c1ccc(C)cc1C. The highest BCUT2D eigenvalue weighted by Gasteiger charge is 2.19. The summed E-state index contributed by atoms with van der Waals surface area (Å²) in [5.74, 6) is 0.0354. The minimum Gasteiger partial charge on any atom is -0.322 e. The van der Waals surface area contributed by atoms with Gasteiger partial charge in [-0.1, -0.05) is 36.2 Å². The van der Waals surface area contributed by atoms with Crippen LogP contribution in [0, 0.1) is 20.8 Å². The maximum absolute atomic E-state index is 12.8. The van der Waals surface area contributed by atoms with Crippen molar-refractivity contribution in [3.63, 3.8) is 0 Å². The number of benzene rings is 2. The Morgan fingerprint density at radius 3 is 2.41 bits per heavy atom. The average Bonchev–Trinajstić information content (AvgIpc) is 2.61. The summed E-state index contributed by atoms with van der Waals surface area (Å²) in [5, 5.41) is 0.980. The number of hydrogen-bond donors (Lipinski definition) is 1. The van der Waals surface area contributed by atoms with E-state index in [1.165, 1.54) is 0 Å². The first kappa shape index (κ1) is 18.9. The fourth-order valence-electron chi connectivity index (χ4n) is 3.42. The van der Waals surface area contributed by atoms with Crippen molar-refractivity contribution in [1.82, 2.24) is 4.98 Å². The van der Waals surface area contributed by atoms with E-state index in [1.807, 2.05) is 64.1 Å². The lowest BCUT2D eigenvalue weighted by molar-refractivity contribution is -0.118. The Bertz CT molecular complexity index is 1050. The van der Waals surface area contributed by atoms with Crippen LogP contribution in [0.2, 0.25) is 0 Å². The predicted molar refractivity (Wildman–Crippen MR) is 111 cm³/mol. The molecule has 27 heavy (non-hydrogen) atoms. The zero-order valence-electron chi connectivity index (χ0n) is 16.4. The molecule has 1 aromatic heterocycles. The van der Waals surface area contributed by atoms with E-state index >= 15 is 0 Å². The predicted octanol–water partition coefficient (Wildman–Crippen LogP) is 4.79. The van der Waals surface area contributed by atoms with Gasteiger partial charge in [-0.15, -0.1) is 0 Å². The van der Waals surface area contributed by atoms with Crippen molar-refractivity contribution >= 4 is 22.5 Å². The minimum absolute atomic E-state index is 0.0354. The van der Waals surface area contributed by atoms with Gasteiger partial charge in [-0.3, -0.25) is 9.59 Å². The van der Waals surface area contributed by atoms with Crippen molar-refractivity contribution in [3.05, 3.63) is 75.1 Å². The molecule has 1 N–H and O–H groups in total. The Hall–Kier alpha value is -2.88. The van der Waals surface area contributed by atoms with Gasteiger partial charge in [0.05, 0.1) is 6.54 Å². The van der Waals surface area contributed by atoms with Gasteiger partial charge >= 0.3 is 0 Å². The van der Waals surface area contributed by atoms with Crippen LogP contribution in [0.3, 0.4) is 0 Å². The van der Waals surface area contributed by atoms with E-state index in [0.717, 1.165) is 39.7 Å². The number of anilines is 1. The number of nitrogens with zero attached hydrogens (tertiary/aromatic N) is 1. The molecule has 0 atom stereocenters. The third-order valence-electron chi connectivity index (χ3n) is 4.81. The second-order valence-corrected chi connectivity index (χ2v) is 7.23. The van der Waals surface area contributed by atoms with Gasteiger partial charge in [0.25, 0.3) is 5.56 Å². The van der Waals surface area contributed by atoms with Crippen LogP contribution in [0.5, 0.6) is 0 Å². The van der Waals surface area contributed by atoms with Crippen molar-refractivity contribution < 1.29 is 4.79 Å². The molecular weight excluding hydrogens is 336 g/mol. The maximum atomic E-state index is 12.8. The van der Waals surface area contributed by atoms with E-state index in [1.54, 1.807) is 4.90 Å². The second kappa shape index (κ2) is 7.78. The van der Waals surface area contributed by atoms with E-state index in [-0.39, 0.29) is 18.0 Å². The number of pyridine rings is 1. The molecule has 0 radical (unpaired) electrons. The van der Waals surface area contributed by atoms with Crippen molar-refractivity contribution in [2.45, 2.75) is 47.1 Å². The molecular formula is C23H26N2O2. The highest BCUT2D eigenvalue weighted by molar-refractivity contribution is 5.94. The molecule has 0 saturated carbocycles. The highest BCUT2D eigenvalue weighted by Crippen LogP contribution is 2.24. The number of hydrogen-bond acceptors (Lipinski definition) is 2. The number of carbonyl (C=O) groups excluding carboxylic acids is 1. The number of nitrogens with one attached hydrogen (secondary N) is 1. The summed E-state index contributed by atoms with van der Waals surface area (Å²) in [6.45, 7) is 8.32. The molecule has 0 bridgehead atoms. The molecule has 0 aliphatic heterocycles. The summed E-state index contributed by atoms with van der Waals surface area (Å²) in [6.07, 6.45) is 1.23. The lowest BCUT2D eigenvalue weighted by atomic mass is 10.1. The van der Waals surface area contributed by atoms with E-state index in [2.05, 4.69) is 11.1 Å².